The Hall–Kier alpha value is -1.52. The number of anilines is 1. The third-order valence-corrected chi connectivity index (χ3v) is 3.49. The quantitative estimate of drug-likeness (QED) is 0.818. The number of benzene rings is 1. The van der Waals surface area contributed by atoms with Crippen LogP contribution < -0.4 is 4.90 Å². The van der Waals surface area contributed by atoms with Crippen LogP contribution in [0.25, 0.3) is 0 Å². The molecule has 1 heterocycles. The van der Waals surface area contributed by atoms with Crippen molar-refractivity contribution in [1.29, 1.82) is 0 Å². The summed E-state index contributed by atoms with van der Waals surface area (Å²) in [5.41, 5.74) is -0.543. The van der Waals surface area contributed by atoms with Gasteiger partial charge in [0.15, 0.2) is 5.78 Å². The number of carbonyl (C=O) groups excluding carboxylic acids is 1. The van der Waals surface area contributed by atoms with Crippen LogP contribution in [0.3, 0.4) is 0 Å². The van der Waals surface area contributed by atoms with E-state index in [4.69, 9.17) is 0 Å². The maximum absolute atomic E-state index is 13.0. The van der Waals surface area contributed by atoms with Gasteiger partial charge in [-0.15, -0.1) is 0 Å². The molecule has 1 aromatic carbocycles. The van der Waals surface area contributed by atoms with Gasteiger partial charge < -0.3 is 4.90 Å². The lowest BCUT2D eigenvalue weighted by Gasteiger charge is -2.37. The number of halogens is 3. The van der Waals surface area contributed by atoms with Crippen molar-refractivity contribution < 1.29 is 18.0 Å². The smallest absolute Gasteiger partial charge is 0.361 e. The van der Waals surface area contributed by atoms with Gasteiger partial charge in [0.05, 0.1) is 11.6 Å². The molecule has 1 aliphatic rings. The van der Waals surface area contributed by atoms with E-state index in [0.717, 1.165) is 18.9 Å². The van der Waals surface area contributed by atoms with E-state index >= 15 is 0 Å². The third-order valence-electron chi connectivity index (χ3n) is 3.49. The lowest BCUT2D eigenvalue weighted by molar-refractivity contribution is -0.137. The van der Waals surface area contributed by atoms with Crippen molar-refractivity contribution >= 4 is 11.5 Å². The number of hydrogen-bond acceptors (Lipinski definition) is 2. The lowest BCUT2D eigenvalue weighted by Crippen LogP contribution is -2.44. The summed E-state index contributed by atoms with van der Waals surface area (Å²) in [6.07, 6.45) is -2.07. The van der Waals surface area contributed by atoms with Gasteiger partial charge in [0.2, 0.25) is 0 Å². The first-order valence-electron chi connectivity index (χ1n) is 6.34. The first kappa shape index (κ1) is 13.9. The number of alkyl halides is 3. The maximum Gasteiger partial charge on any atom is 0.418 e. The Balaban J connectivity index is 2.42. The number of piperidine rings is 1. The highest BCUT2D eigenvalue weighted by Crippen LogP contribution is 2.38. The van der Waals surface area contributed by atoms with E-state index in [9.17, 15) is 18.0 Å². The number of hydrogen-bond donors (Lipinski definition) is 0. The molecule has 0 bridgehead atoms. The first-order chi connectivity index (χ1) is 8.91. The summed E-state index contributed by atoms with van der Waals surface area (Å²) in [7, 11) is 0. The molecule has 1 aliphatic heterocycles. The largest absolute Gasteiger partial charge is 0.418 e. The minimum atomic E-state index is -4.39. The molecule has 0 aromatic heterocycles. The second-order valence-electron chi connectivity index (χ2n) is 4.83. The van der Waals surface area contributed by atoms with E-state index in [0.29, 0.717) is 13.0 Å². The SMILES string of the molecule is CC(=O)C1CCCCN1c1ccccc1C(F)(F)F. The average Bonchev–Trinajstić information content (AvgIpc) is 2.37. The zero-order chi connectivity index (χ0) is 14.0. The highest BCUT2D eigenvalue weighted by molar-refractivity contribution is 5.85. The highest BCUT2D eigenvalue weighted by Gasteiger charge is 2.37. The van der Waals surface area contributed by atoms with E-state index < -0.39 is 17.8 Å². The third kappa shape index (κ3) is 2.91. The molecule has 0 saturated carbocycles. The molecule has 0 spiro atoms. The topological polar surface area (TPSA) is 20.3 Å². The normalized spacial score (nSPS) is 20.4. The van der Waals surface area contributed by atoms with Gasteiger partial charge in [-0.25, -0.2) is 0 Å². The summed E-state index contributed by atoms with van der Waals surface area (Å²) in [5.74, 6) is -0.0725. The Labute approximate surface area is 110 Å². The van der Waals surface area contributed by atoms with Crippen LogP contribution in [0, 0.1) is 0 Å². The van der Waals surface area contributed by atoms with Crippen LogP contribution in [0.2, 0.25) is 0 Å². The molecule has 19 heavy (non-hydrogen) atoms. The number of rotatable bonds is 2. The fourth-order valence-electron chi connectivity index (χ4n) is 2.61. The number of Topliss-reactive ketones (excluding diaryl/α,β-unsaturated/α-hetero) is 1. The van der Waals surface area contributed by atoms with E-state index in [1.54, 1.807) is 11.0 Å². The van der Waals surface area contributed by atoms with Gasteiger partial charge in [0.25, 0.3) is 0 Å². The molecule has 1 atom stereocenters. The summed E-state index contributed by atoms with van der Waals surface area (Å²) in [6, 6.07) is 5.04. The summed E-state index contributed by atoms with van der Waals surface area (Å²) < 4.78 is 39.1. The zero-order valence-corrected chi connectivity index (χ0v) is 10.7. The molecule has 1 saturated heterocycles. The van der Waals surface area contributed by atoms with Crippen molar-refractivity contribution in [1.82, 2.24) is 0 Å². The standard InChI is InChI=1S/C14H16F3NO/c1-10(19)12-7-4-5-9-18(12)13-8-3-2-6-11(13)14(15,16)17/h2-3,6,8,12H,4-5,7,9H2,1H3. The summed E-state index contributed by atoms with van der Waals surface area (Å²) in [5, 5.41) is 0. The Kier molecular flexibility index (Phi) is 3.83. The molecule has 0 aliphatic carbocycles. The monoisotopic (exact) mass is 271 g/mol. The molecule has 0 amide bonds. The van der Waals surface area contributed by atoms with E-state index in [1.807, 2.05) is 0 Å². The molecule has 5 heteroatoms. The van der Waals surface area contributed by atoms with Gasteiger partial charge in [-0.05, 0) is 38.3 Å². The lowest BCUT2D eigenvalue weighted by atomic mass is 9.97. The predicted molar refractivity (Wildman–Crippen MR) is 67.1 cm³/mol. The fourth-order valence-corrected chi connectivity index (χ4v) is 2.61. The number of nitrogens with zero attached hydrogens (tertiary/aromatic N) is 1. The van der Waals surface area contributed by atoms with Gasteiger partial charge in [-0.1, -0.05) is 12.1 Å². The molecular formula is C14H16F3NO. The van der Waals surface area contributed by atoms with Crippen LogP contribution in [0.4, 0.5) is 18.9 Å². The molecule has 1 unspecified atom stereocenters. The molecule has 0 N–H and O–H groups in total. The van der Waals surface area contributed by atoms with Crippen LogP contribution in [0.15, 0.2) is 24.3 Å². The van der Waals surface area contributed by atoms with E-state index in [2.05, 4.69) is 0 Å². The van der Waals surface area contributed by atoms with E-state index in [1.165, 1.54) is 19.1 Å². The molecule has 1 aromatic rings. The van der Waals surface area contributed by atoms with Crippen molar-refractivity contribution in [2.24, 2.45) is 0 Å². The van der Waals surface area contributed by atoms with Gasteiger partial charge >= 0.3 is 6.18 Å². The Morgan fingerprint density at radius 2 is 1.95 bits per heavy atom. The molecule has 0 radical (unpaired) electrons. The molecule has 1 fully saturated rings. The van der Waals surface area contributed by atoms with Crippen LogP contribution in [0.5, 0.6) is 0 Å². The minimum Gasteiger partial charge on any atom is -0.361 e. The molecule has 2 rings (SSSR count). The van der Waals surface area contributed by atoms with Crippen LogP contribution in [-0.4, -0.2) is 18.4 Å². The molecule has 2 nitrogen and oxygen atoms in total. The zero-order valence-electron chi connectivity index (χ0n) is 10.7. The average molecular weight is 271 g/mol. The number of ketones is 1. The van der Waals surface area contributed by atoms with Crippen LogP contribution in [0.1, 0.15) is 31.7 Å². The van der Waals surface area contributed by atoms with Gasteiger partial charge in [0, 0.05) is 12.2 Å². The number of carbonyl (C=O) groups is 1. The second kappa shape index (κ2) is 5.23. The van der Waals surface area contributed by atoms with Crippen molar-refractivity contribution in [2.75, 3.05) is 11.4 Å². The van der Waals surface area contributed by atoms with Crippen molar-refractivity contribution in [2.45, 2.75) is 38.4 Å². The van der Waals surface area contributed by atoms with Crippen LogP contribution >= 0.6 is 0 Å². The summed E-state index contributed by atoms with van der Waals surface area (Å²) >= 11 is 0. The van der Waals surface area contributed by atoms with E-state index in [-0.39, 0.29) is 11.5 Å². The fraction of sp³-hybridized carbons (Fsp3) is 0.500. The van der Waals surface area contributed by atoms with Crippen molar-refractivity contribution in [3.8, 4) is 0 Å². The van der Waals surface area contributed by atoms with Crippen LogP contribution in [-0.2, 0) is 11.0 Å². The predicted octanol–water partition coefficient (Wildman–Crippen LogP) is 3.65. The molecular weight excluding hydrogens is 255 g/mol. The second-order valence-corrected chi connectivity index (χ2v) is 4.83. The molecule has 104 valence electrons. The van der Waals surface area contributed by atoms with Crippen molar-refractivity contribution in [3.63, 3.8) is 0 Å². The van der Waals surface area contributed by atoms with Crippen molar-refractivity contribution in [3.05, 3.63) is 29.8 Å². The van der Waals surface area contributed by atoms with Gasteiger partial charge in [-0.2, -0.15) is 13.2 Å². The first-order valence-corrected chi connectivity index (χ1v) is 6.34. The number of para-hydroxylation sites is 1. The summed E-state index contributed by atoms with van der Waals surface area (Å²) in [4.78, 5) is 13.2. The Morgan fingerprint density at radius 3 is 2.58 bits per heavy atom. The van der Waals surface area contributed by atoms with Gasteiger partial charge in [-0.3, -0.25) is 4.79 Å². The highest BCUT2D eigenvalue weighted by atomic mass is 19.4. The maximum atomic E-state index is 13.0. The minimum absolute atomic E-state index is 0.0725. The summed E-state index contributed by atoms with van der Waals surface area (Å²) in [6.45, 7) is 1.94. The van der Waals surface area contributed by atoms with Gasteiger partial charge in [0.1, 0.15) is 0 Å². The Bertz CT molecular complexity index is 470. The Morgan fingerprint density at radius 1 is 1.26 bits per heavy atom.